The first-order chi connectivity index (χ1) is 13.1. The Morgan fingerprint density at radius 1 is 0.926 bits per heavy atom. The van der Waals surface area contributed by atoms with E-state index in [1.807, 2.05) is 42.5 Å². The van der Waals surface area contributed by atoms with Gasteiger partial charge in [-0.1, -0.05) is 47.0 Å². The molecule has 0 spiro atoms. The van der Waals surface area contributed by atoms with Crippen molar-refractivity contribution in [2.45, 2.75) is 6.92 Å². The number of benzene rings is 2. The van der Waals surface area contributed by atoms with Crippen LogP contribution in [-0.4, -0.2) is 15.2 Å². The molecule has 0 unspecified atom stereocenters. The second kappa shape index (κ2) is 6.30. The Morgan fingerprint density at radius 3 is 2.67 bits per heavy atom. The van der Waals surface area contributed by atoms with Crippen molar-refractivity contribution in [2.75, 3.05) is 0 Å². The third-order valence-corrected chi connectivity index (χ3v) is 6.15. The summed E-state index contributed by atoms with van der Waals surface area (Å²) in [6.45, 7) is 2.06. The van der Waals surface area contributed by atoms with Gasteiger partial charge < -0.3 is 4.42 Å². The van der Waals surface area contributed by atoms with Gasteiger partial charge in [-0.15, -0.1) is 21.5 Å². The van der Waals surface area contributed by atoms with Gasteiger partial charge in [-0.2, -0.15) is 0 Å². The summed E-state index contributed by atoms with van der Waals surface area (Å²) in [4.78, 5) is 5.35. The van der Waals surface area contributed by atoms with E-state index >= 15 is 0 Å². The highest BCUT2D eigenvalue weighted by Crippen LogP contribution is 2.42. The van der Waals surface area contributed by atoms with Gasteiger partial charge in [0.05, 0.1) is 10.5 Å². The molecular formula is C20H11Cl2N3OS. The van der Waals surface area contributed by atoms with Crippen molar-refractivity contribution in [3.05, 3.63) is 64.1 Å². The molecule has 132 valence electrons. The smallest absolute Gasteiger partial charge is 0.266 e. The zero-order valence-electron chi connectivity index (χ0n) is 14.0. The van der Waals surface area contributed by atoms with Crippen LogP contribution in [0.25, 0.3) is 43.3 Å². The summed E-state index contributed by atoms with van der Waals surface area (Å²) < 4.78 is 6.85. The summed E-state index contributed by atoms with van der Waals surface area (Å²) in [5, 5.41) is 11.6. The van der Waals surface area contributed by atoms with E-state index in [9.17, 15) is 0 Å². The topological polar surface area (TPSA) is 51.8 Å². The molecule has 0 bridgehead atoms. The highest BCUT2D eigenvalue weighted by molar-refractivity contribution is 7.23. The number of hydrogen-bond donors (Lipinski definition) is 0. The van der Waals surface area contributed by atoms with Crippen LogP contribution in [0.2, 0.25) is 10.0 Å². The van der Waals surface area contributed by atoms with E-state index in [0.717, 1.165) is 25.9 Å². The van der Waals surface area contributed by atoms with E-state index in [0.29, 0.717) is 27.5 Å². The second-order valence-corrected chi connectivity index (χ2v) is 8.06. The van der Waals surface area contributed by atoms with E-state index in [4.69, 9.17) is 27.6 Å². The number of aromatic nitrogens is 3. The predicted molar refractivity (Wildman–Crippen MR) is 111 cm³/mol. The first kappa shape index (κ1) is 16.7. The summed E-state index contributed by atoms with van der Waals surface area (Å²) >= 11 is 14.1. The molecule has 0 N–H and O–H groups in total. The van der Waals surface area contributed by atoms with Crippen LogP contribution in [0.3, 0.4) is 0 Å². The molecular weight excluding hydrogens is 401 g/mol. The third kappa shape index (κ3) is 2.88. The normalized spacial score (nSPS) is 11.5. The van der Waals surface area contributed by atoms with Gasteiger partial charge in [-0.3, -0.25) is 0 Å². The maximum atomic E-state index is 6.52. The van der Waals surface area contributed by atoms with E-state index < -0.39 is 0 Å². The molecule has 27 heavy (non-hydrogen) atoms. The van der Waals surface area contributed by atoms with Crippen LogP contribution in [0.15, 0.2) is 52.9 Å². The molecule has 0 fully saturated rings. The zero-order valence-corrected chi connectivity index (χ0v) is 16.4. The van der Waals surface area contributed by atoms with Crippen molar-refractivity contribution in [3.63, 3.8) is 0 Å². The number of aryl methyl sites for hydroxylation is 1. The quantitative estimate of drug-likeness (QED) is 0.321. The van der Waals surface area contributed by atoms with Crippen LogP contribution in [0.4, 0.5) is 0 Å². The number of pyridine rings is 1. The molecule has 0 aliphatic carbocycles. The van der Waals surface area contributed by atoms with Crippen molar-refractivity contribution < 1.29 is 4.42 Å². The number of rotatable bonds is 2. The minimum Gasteiger partial charge on any atom is -0.414 e. The number of fused-ring (bicyclic) bond motifs is 2. The summed E-state index contributed by atoms with van der Waals surface area (Å²) in [6, 6.07) is 15.6. The summed E-state index contributed by atoms with van der Waals surface area (Å²) in [5.41, 5.74) is 2.70. The van der Waals surface area contributed by atoms with E-state index in [2.05, 4.69) is 28.2 Å². The number of hydrogen-bond acceptors (Lipinski definition) is 5. The Bertz CT molecular complexity index is 1330. The molecule has 0 amide bonds. The Labute approximate surface area is 168 Å². The van der Waals surface area contributed by atoms with Gasteiger partial charge in [-0.05, 0) is 37.3 Å². The molecule has 7 heteroatoms. The number of thiophene rings is 1. The SMILES string of the molecule is Cc1ccc2nc(-c3nnc(-c4sc5cc(Cl)ccc5c4Cl)o3)ccc2c1. The molecule has 2 aromatic carbocycles. The van der Waals surface area contributed by atoms with Crippen molar-refractivity contribution >= 4 is 55.5 Å². The lowest BCUT2D eigenvalue weighted by atomic mass is 10.1. The first-order valence-electron chi connectivity index (χ1n) is 8.18. The van der Waals surface area contributed by atoms with Gasteiger partial charge >= 0.3 is 0 Å². The van der Waals surface area contributed by atoms with Crippen LogP contribution in [0.1, 0.15) is 5.56 Å². The molecule has 0 aliphatic rings. The van der Waals surface area contributed by atoms with Gasteiger partial charge in [0.2, 0.25) is 0 Å². The molecule has 0 aliphatic heterocycles. The van der Waals surface area contributed by atoms with Gasteiger partial charge in [0.15, 0.2) is 0 Å². The second-order valence-electron chi connectivity index (χ2n) is 6.19. The lowest BCUT2D eigenvalue weighted by molar-refractivity contribution is 0.584. The van der Waals surface area contributed by atoms with Crippen molar-refractivity contribution in [2.24, 2.45) is 0 Å². The Balaban J connectivity index is 1.58. The van der Waals surface area contributed by atoms with Gasteiger partial charge in [0.1, 0.15) is 10.6 Å². The summed E-state index contributed by atoms with van der Waals surface area (Å²) in [5.74, 6) is 0.733. The summed E-state index contributed by atoms with van der Waals surface area (Å²) in [6.07, 6.45) is 0. The minimum atomic E-state index is 0.360. The summed E-state index contributed by atoms with van der Waals surface area (Å²) in [7, 11) is 0. The van der Waals surface area contributed by atoms with Crippen molar-refractivity contribution in [1.29, 1.82) is 0 Å². The maximum Gasteiger partial charge on any atom is 0.266 e. The fourth-order valence-corrected chi connectivity index (χ4v) is 4.67. The van der Waals surface area contributed by atoms with Crippen LogP contribution < -0.4 is 0 Å². The molecule has 0 radical (unpaired) electrons. The Morgan fingerprint density at radius 2 is 1.78 bits per heavy atom. The molecule has 3 aromatic heterocycles. The molecule has 0 atom stereocenters. The fourth-order valence-electron chi connectivity index (χ4n) is 2.96. The average molecular weight is 412 g/mol. The van der Waals surface area contributed by atoms with Crippen LogP contribution in [-0.2, 0) is 0 Å². The monoisotopic (exact) mass is 411 g/mol. The fraction of sp³-hybridized carbons (Fsp3) is 0.0500. The number of nitrogens with zero attached hydrogens (tertiary/aromatic N) is 3. The maximum absolute atomic E-state index is 6.52. The third-order valence-electron chi connectivity index (χ3n) is 4.27. The van der Waals surface area contributed by atoms with Gasteiger partial charge in [-0.25, -0.2) is 4.98 Å². The van der Waals surface area contributed by atoms with Crippen LogP contribution in [0, 0.1) is 6.92 Å². The molecule has 3 heterocycles. The Kier molecular flexibility index (Phi) is 3.90. The highest BCUT2D eigenvalue weighted by Gasteiger charge is 2.19. The van der Waals surface area contributed by atoms with Gasteiger partial charge in [0, 0.05) is 20.5 Å². The predicted octanol–water partition coefficient (Wildman–Crippen LogP) is 6.78. The Hall–Kier alpha value is -2.47. The first-order valence-corrected chi connectivity index (χ1v) is 9.75. The molecule has 5 rings (SSSR count). The number of halogens is 2. The van der Waals surface area contributed by atoms with Crippen LogP contribution in [0.5, 0.6) is 0 Å². The molecule has 4 nitrogen and oxygen atoms in total. The van der Waals surface area contributed by atoms with E-state index in [1.165, 1.54) is 16.9 Å². The average Bonchev–Trinajstić information content (AvgIpc) is 3.26. The van der Waals surface area contributed by atoms with Crippen molar-refractivity contribution in [3.8, 4) is 22.4 Å². The van der Waals surface area contributed by atoms with Gasteiger partial charge in [0.25, 0.3) is 11.8 Å². The largest absolute Gasteiger partial charge is 0.414 e. The zero-order chi connectivity index (χ0) is 18.5. The lowest BCUT2D eigenvalue weighted by Crippen LogP contribution is -1.86. The molecule has 5 aromatic rings. The molecule has 0 saturated carbocycles. The van der Waals surface area contributed by atoms with Crippen LogP contribution >= 0.6 is 34.5 Å². The highest BCUT2D eigenvalue weighted by atomic mass is 35.5. The lowest BCUT2D eigenvalue weighted by Gasteiger charge is -2.00. The molecule has 0 saturated heterocycles. The standard InChI is InChI=1S/C20H11Cl2N3OS/c1-10-2-6-14-11(8-10)3-7-15(23-14)19-24-25-20(26-19)18-17(22)13-5-4-12(21)9-16(13)27-18/h2-9H,1H3. The van der Waals surface area contributed by atoms with Crippen molar-refractivity contribution in [1.82, 2.24) is 15.2 Å². The van der Waals surface area contributed by atoms with E-state index in [-0.39, 0.29) is 0 Å². The minimum absolute atomic E-state index is 0.360. The van der Waals surface area contributed by atoms with E-state index in [1.54, 1.807) is 0 Å².